The van der Waals surface area contributed by atoms with Crippen molar-refractivity contribution >= 4 is 68.1 Å². The Hall–Kier alpha value is -0.760. The molecule has 10 heteroatoms. The average molecular weight is 587 g/mol. The van der Waals surface area contributed by atoms with E-state index in [9.17, 15) is 9.18 Å². The van der Waals surface area contributed by atoms with E-state index in [-0.39, 0.29) is 23.2 Å². The summed E-state index contributed by atoms with van der Waals surface area (Å²) in [7, 11) is 1.81. The van der Waals surface area contributed by atoms with Crippen LogP contribution in [-0.4, -0.2) is 49.6 Å². The summed E-state index contributed by atoms with van der Waals surface area (Å²) in [4.78, 5) is 20.5. The first-order valence-corrected chi connectivity index (χ1v) is 10.2. The smallest absolute Gasteiger partial charge is 0.359 e. The van der Waals surface area contributed by atoms with E-state index < -0.39 is 17.3 Å². The molecule has 4 rings (SSSR count). The second-order valence-corrected chi connectivity index (χ2v) is 9.15. The highest BCUT2D eigenvalue weighted by atomic mass is 127. The Labute approximate surface area is 177 Å². The van der Waals surface area contributed by atoms with E-state index >= 15 is 4.39 Å². The van der Waals surface area contributed by atoms with Gasteiger partial charge < -0.3 is 9.80 Å². The van der Waals surface area contributed by atoms with Crippen LogP contribution in [0.4, 0.5) is 20.3 Å². The summed E-state index contributed by atoms with van der Waals surface area (Å²) < 4.78 is 33.4. The Morgan fingerprint density at radius 1 is 1.15 bits per heavy atom. The first-order valence-electron chi connectivity index (χ1n) is 8.23. The van der Waals surface area contributed by atoms with Crippen LogP contribution in [0, 0.1) is 18.6 Å². The molecule has 0 amide bonds. The molecule has 2 aromatic rings. The summed E-state index contributed by atoms with van der Waals surface area (Å²) in [5, 5.41) is 0.374. The molecule has 2 aliphatic heterocycles. The van der Waals surface area contributed by atoms with Gasteiger partial charge >= 0.3 is 5.69 Å². The fraction of sp³-hybridized carbons (Fsp3) is 0.500. The highest BCUT2D eigenvalue weighted by Gasteiger charge is 2.38. The Morgan fingerprint density at radius 3 is 2.54 bits per heavy atom. The van der Waals surface area contributed by atoms with Crippen LogP contribution in [-0.2, 0) is 0 Å². The van der Waals surface area contributed by atoms with Gasteiger partial charge in [0, 0.05) is 61.2 Å². The number of halogens is 4. The van der Waals surface area contributed by atoms with Gasteiger partial charge in [-0.25, -0.2) is 19.5 Å². The maximum atomic E-state index is 15.1. The van der Waals surface area contributed by atoms with Crippen LogP contribution >= 0.6 is 45.7 Å². The van der Waals surface area contributed by atoms with Crippen molar-refractivity contribution in [3.05, 3.63) is 27.7 Å². The van der Waals surface area contributed by atoms with Gasteiger partial charge in [0.2, 0.25) is 0 Å². The van der Waals surface area contributed by atoms with Crippen molar-refractivity contribution in [2.75, 3.05) is 36.5 Å². The second-order valence-electron chi connectivity index (χ2n) is 6.94. The molecule has 2 unspecified atom stereocenters. The van der Waals surface area contributed by atoms with Crippen molar-refractivity contribution < 1.29 is 8.78 Å². The lowest BCUT2D eigenvalue weighted by molar-refractivity contribution is 0.312. The summed E-state index contributed by atoms with van der Waals surface area (Å²) in [6, 6.07) is 0.265. The van der Waals surface area contributed by atoms with E-state index in [2.05, 4.69) is 37.9 Å². The number of likely N-dealkylation sites (N-methyl/N-ethyl adjacent to an activating group) is 1. The lowest BCUT2D eigenvalue weighted by atomic mass is 10.1. The van der Waals surface area contributed by atoms with E-state index in [1.807, 2.05) is 9.80 Å². The quantitative estimate of drug-likeness (QED) is 0.351. The molecule has 0 aliphatic carbocycles. The van der Waals surface area contributed by atoms with Crippen LogP contribution in [0.2, 0.25) is 0 Å². The van der Waals surface area contributed by atoms with Crippen molar-refractivity contribution in [1.82, 2.24) is 10.9 Å². The Kier molecular flexibility index (Phi) is 4.58. The van der Waals surface area contributed by atoms with Gasteiger partial charge in [-0.3, -0.25) is 0 Å². The van der Waals surface area contributed by atoms with Crippen LogP contribution < -0.4 is 15.5 Å². The standard InChI is InChI=1S/C16H17F2I2N5O/c1-7-4-23-9(6-24(7)19)5-22(3)13-10-14(12(18)8(2)11(13)17)25(20)16(26)21-15(10)23/h7,9H,4-6H2,1-3H3. The van der Waals surface area contributed by atoms with Crippen molar-refractivity contribution in [1.29, 1.82) is 0 Å². The fourth-order valence-corrected chi connectivity index (χ4v) is 5.05. The number of hydrogen-bond donors (Lipinski definition) is 0. The molecule has 1 saturated heterocycles. The third kappa shape index (κ3) is 2.54. The predicted molar refractivity (Wildman–Crippen MR) is 115 cm³/mol. The zero-order chi connectivity index (χ0) is 18.9. The van der Waals surface area contributed by atoms with Gasteiger partial charge in [-0.2, -0.15) is 4.98 Å². The summed E-state index contributed by atoms with van der Waals surface area (Å²) >= 11 is 4.03. The van der Waals surface area contributed by atoms with E-state index in [1.54, 1.807) is 29.9 Å². The molecule has 2 atom stereocenters. The maximum Gasteiger partial charge on any atom is 0.359 e. The molecule has 1 aromatic carbocycles. The molecule has 3 heterocycles. The number of benzene rings is 1. The van der Waals surface area contributed by atoms with Crippen molar-refractivity contribution in [3.8, 4) is 0 Å². The number of aromatic nitrogens is 2. The van der Waals surface area contributed by atoms with Crippen LogP contribution in [0.15, 0.2) is 4.79 Å². The summed E-state index contributed by atoms with van der Waals surface area (Å²) in [5.41, 5.74) is -0.206. The SMILES string of the molecule is Cc1c(F)c2c3c(nc(=O)n(I)c3c1F)N1CC(C)N(I)CC1CN2C. The minimum absolute atomic E-state index is 0.0310. The fourth-order valence-electron chi connectivity index (χ4n) is 3.86. The lowest BCUT2D eigenvalue weighted by Crippen LogP contribution is -2.57. The molecule has 0 spiro atoms. The predicted octanol–water partition coefficient (Wildman–Crippen LogP) is 2.86. The molecule has 0 radical (unpaired) electrons. The molecule has 2 aliphatic rings. The molecule has 1 fully saturated rings. The van der Waals surface area contributed by atoms with E-state index in [0.29, 0.717) is 30.0 Å². The largest absolute Gasteiger partial charge is 0.369 e. The molecule has 0 N–H and O–H groups in total. The minimum atomic E-state index is -0.705. The summed E-state index contributed by atoms with van der Waals surface area (Å²) in [5.74, 6) is -0.907. The summed E-state index contributed by atoms with van der Waals surface area (Å²) in [6.45, 7) is 5.45. The monoisotopic (exact) mass is 587 g/mol. The van der Waals surface area contributed by atoms with E-state index in [4.69, 9.17) is 0 Å². The number of hydrogen-bond acceptors (Lipinski definition) is 5. The van der Waals surface area contributed by atoms with Crippen LogP contribution in [0.5, 0.6) is 0 Å². The van der Waals surface area contributed by atoms with Crippen molar-refractivity contribution in [2.24, 2.45) is 0 Å². The maximum absolute atomic E-state index is 15.1. The van der Waals surface area contributed by atoms with Crippen LogP contribution in [0.25, 0.3) is 10.9 Å². The number of fused-ring (bicyclic) bond motifs is 2. The number of nitrogens with zero attached hydrogens (tertiary/aromatic N) is 5. The molecule has 0 saturated carbocycles. The number of anilines is 2. The van der Waals surface area contributed by atoms with Gasteiger partial charge in [0.1, 0.15) is 11.3 Å². The Balaban J connectivity index is 2.13. The van der Waals surface area contributed by atoms with Gasteiger partial charge in [-0.05, 0) is 13.8 Å². The molecule has 0 bridgehead atoms. The molecular weight excluding hydrogens is 570 g/mol. The Morgan fingerprint density at radius 2 is 1.85 bits per heavy atom. The first kappa shape index (κ1) is 18.6. The highest BCUT2D eigenvalue weighted by molar-refractivity contribution is 14.1. The van der Waals surface area contributed by atoms with Crippen molar-refractivity contribution in [2.45, 2.75) is 25.9 Å². The van der Waals surface area contributed by atoms with Gasteiger partial charge in [0.25, 0.3) is 0 Å². The zero-order valence-electron chi connectivity index (χ0n) is 14.4. The highest BCUT2D eigenvalue weighted by Crippen LogP contribution is 2.42. The molecular formula is C16H17F2I2N5O. The molecule has 26 heavy (non-hydrogen) atoms. The zero-order valence-corrected chi connectivity index (χ0v) is 18.7. The molecule has 140 valence electrons. The van der Waals surface area contributed by atoms with Crippen LogP contribution in [0.3, 0.4) is 0 Å². The summed E-state index contributed by atoms with van der Waals surface area (Å²) in [6.07, 6.45) is 0. The lowest BCUT2D eigenvalue weighted by Gasteiger charge is -2.43. The Bertz CT molecular complexity index is 982. The minimum Gasteiger partial charge on any atom is -0.369 e. The van der Waals surface area contributed by atoms with E-state index in [0.717, 1.165) is 9.33 Å². The number of rotatable bonds is 0. The van der Waals surface area contributed by atoms with Gasteiger partial charge in [0.05, 0.1) is 40.0 Å². The normalized spacial score (nSPS) is 23.3. The third-order valence-electron chi connectivity index (χ3n) is 5.24. The van der Waals surface area contributed by atoms with E-state index in [1.165, 1.54) is 6.92 Å². The first-order chi connectivity index (χ1) is 12.2. The molecule has 1 aromatic heterocycles. The van der Waals surface area contributed by atoms with Gasteiger partial charge in [-0.1, -0.05) is 0 Å². The van der Waals surface area contributed by atoms with Crippen LogP contribution in [0.1, 0.15) is 12.5 Å². The second kappa shape index (κ2) is 6.40. The number of piperazine rings is 1. The van der Waals surface area contributed by atoms with Gasteiger partial charge in [-0.15, -0.1) is 0 Å². The van der Waals surface area contributed by atoms with Crippen molar-refractivity contribution in [3.63, 3.8) is 0 Å². The third-order valence-corrected chi connectivity index (χ3v) is 7.48. The topological polar surface area (TPSA) is 44.6 Å². The molecule has 6 nitrogen and oxygen atoms in total. The average Bonchev–Trinajstić information content (AvgIpc) is 2.69. The van der Waals surface area contributed by atoms with Gasteiger partial charge in [0.15, 0.2) is 11.6 Å².